The third-order valence-electron chi connectivity index (χ3n) is 5.10. The molecule has 2 unspecified atom stereocenters. The highest BCUT2D eigenvalue weighted by Crippen LogP contribution is 2.30. The quantitative estimate of drug-likeness (QED) is 0.789. The second kappa shape index (κ2) is 9.40. The van der Waals surface area contributed by atoms with Crippen molar-refractivity contribution >= 4 is 18.3 Å². The first-order valence-corrected chi connectivity index (χ1v) is 8.97. The lowest BCUT2D eigenvalue weighted by atomic mass is 9.96. The lowest BCUT2D eigenvalue weighted by Gasteiger charge is -2.27. The molecule has 0 bridgehead atoms. The number of likely N-dealkylation sites (N-methyl/N-ethyl adjacent to an activating group) is 1. The van der Waals surface area contributed by atoms with Gasteiger partial charge in [-0.15, -0.1) is 12.4 Å². The van der Waals surface area contributed by atoms with Gasteiger partial charge in [0.25, 0.3) is 5.91 Å². The topological polar surface area (TPSA) is 32.8 Å². The van der Waals surface area contributed by atoms with Crippen LogP contribution in [0.25, 0.3) is 0 Å². The van der Waals surface area contributed by atoms with Crippen LogP contribution in [0.1, 0.15) is 37.7 Å². The summed E-state index contributed by atoms with van der Waals surface area (Å²) in [7, 11) is 0. The Balaban J connectivity index is 0.00000208. The summed E-state index contributed by atoms with van der Waals surface area (Å²) in [6.07, 6.45) is 3.61. The van der Waals surface area contributed by atoms with E-state index in [0.29, 0.717) is 6.61 Å². The lowest BCUT2D eigenvalue weighted by Crippen LogP contribution is -2.36. The number of piperidine rings is 1. The molecule has 1 amide bonds. The van der Waals surface area contributed by atoms with Gasteiger partial charge in [0.1, 0.15) is 6.10 Å². The maximum absolute atomic E-state index is 12.6. The third kappa shape index (κ3) is 4.50. The van der Waals surface area contributed by atoms with Crippen LogP contribution in [-0.2, 0) is 9.53 Å². The van der Waals surface area contributed by atoms with E-state index in [9.17, 15) is 4.79 Å². The number of hydrogen-bond acceptors (Lipinski definition) is 3. The summed E-state index contributed by atoms with van der Waals surface area (Å²) in [6, 6.07) is 10.3. The van der Waals surface area contributed by atoms with Crippen LogP contribution in [0.2, 0.25) is 0 Å². The molecule has 1 aromatic rings. The Bertz CT molecular complexity index is 505. The molecule has 0 aromatic heterocycles. The van der Waals surface area contributed by atoms with E-state index < -0.39 is 0 Å². The molecule has 3 rings (SSSR count). The fraction of sp³-hybridized carbons (Fsp3) is 0.632. The molecular weight excluding hydrogens is 324 g/mol. The SMILES string of the molecule is CCN1CC(c2ccccc2)C(OCCN2CCCCC2)C1=O.Cl. The largest absolute Gasteiger partial charge is 0.366 e. The highest BCUT2D eigenvalue weighted by molar-refractivity contribution is 5.85. The molecule has 2 aliphatic heterocycles. The molecule has 5 heteroatoms. The molecule has 0 aliphatic carbocycles. The summed E-state index contributed by atoms with van der Waals surface area (Å²) >= 11 is 0. The van der Waals surface area contributed by atoms with Crippen LogP contribution < -0.4 is 0 Å². The van der Waals surface area contributed by atoms with Gasteiger partial charge in [0, 0.05) is 25.6 Å². The number of amides is 1. The zero-order chi connectivity index (χ0) is 16.1. The standard InChI is InChI=1S/C19H28N2O2.ClH/c1-2-21-15-17(16-9-5-3-6-10-16)18(19(21)22)23-14-13-20-11-7-4-8-12-20;/h3,5-6,9-10,17-18H,2,4,7-8,11-15H2,1H3;1H. The van der Waals surface area contributed by atoms with Gasteiger partial charge in [0.2, 0.25) is 0 Å². The first kappa shape index (κ1) is 19.2. The number of halogens is 1. The average Bonchev–Trinajstić information content (AvgIpc) is 2.93. The second-order valence-corrected chi connectivity index (χ2v) is 6.59. The Labute approximate surface area is 151 Å². The summed E-state index contributed by atoms with van der Waals surface area (Å²) in [5.74, 6) is 0.310. The number of benzene rings is 1. The van der Waals surface area contributed by atoms with Gasteiger partial charge in [0.05, 0.1) is 6.61 Å². The van der Waals surface area contributed by atoms with Crippen molar-refractivity contribution < 1.29 is 9.53 Å². The number of hydrogen-bond donors (Lipinski definition) is 0. The second-order valence-electron chi connectivity index (χ2n) is 6.59. The van der Waals surface area contributed by atoms with E-state index in [4.69, 9.17) is 4.74 Å². The number of rotatable bonds is 6. The van der Waals surface area contributed by atoms with E-state index >= 15 is 0 Å². The molecule has 0 spiro atoms. The first-order valence-electron chi connectivity index (χ1n) is 8.97. The van der Waals surface area contributed by atoms with Crippen molar-refractivity contribution in [3.05, 3.63) is 35.9 Å². The van der Waals surface area contributed by atoms with Crippen molar-refractivity contribution in [2.75, 3.05) is 39.3 Å². The number of ether oxygens (including phenoxy) is 1. The van der Waals surface area contributed by atoms with E-state index in [1.165, 1.54) is 37.9 Å². The summed E-state index contributed by atoms with van der Waals surface area (Å²) in [4.78, 5) is 17.0. The van der Waals surface area contributed by atoms with Gasteiger partial charge in [0.15, 0.2) is 0 Å². The van der Waals surface area contributed by atoms with Gasteiger partial charge >= 0.3 is 0 Å². The van der Waals surface area contributed by atoms with E-state index in [-0.39, 0.29) is 30.3 Å². The number of carbonyl (C=O) groups is 1. The smallest absolute Gasteiger partial charge is 0.252 e. The van der Waals surface area contributed by atoms with Crippen LogP contribution in [-0.4, -0.2) is 61.1 Å². The molecule has 0 radical (unpaired) electrons. The molecule has 24 heavy (non-hydrogen) atoms. The minimum atomic E-state index is -0.317. The Kier molecular flexibility index (Phi) is 7.53. The zero-order valence-electron chi connectivity index (χ0n) is 14.5. The van der Waals surface area contributed by atoms with Crippen LogP contribution in [0, 0.1) is 0 Å². The lowest BCUT2D eigenvalue weighted by molar-refractivity contribution is -0.137. The number of likely N-dealkylation sites (tertiary alicyclic amines) is 2. The Morgan fingerprint density at radius 2 is 1.83 bits per heavy atom. The minimum absolute atomic E-state index is 0. The molecule has 134 valence electrons. The summed E-state index contributed by atoms with van der Waals surface area (Å²) in [5, 5.41) is 0. The van der Waals surface area contributed by atoms with Gasteiger partial charge < -0.3 is 14.5 Å². The highest BCUT2D eigenvalue weighted by Gasteiger charge is 2.41. The van der Waals surface area contributed by atoms with E-state index in [0.717, 1.165) is 19.6 Å². The van der Waals surface area contributed by atoms with Crippen molar-refractivity contribution in [2.24, 2.45) is 0 Å². The van der Waals surface area contributed by atoms with Gasteiger partial charge in [-0.2, -0.15) is 0 Å². The van der Waals surface area contributed by atoms with Crippen LogP contribution in [0.3, 0.4) is 0 Å². The van der Waals surface area contributed by atoms with Crippen LogP contribution in [0.5, 0.6) is 0 Å². The zero-order valence-corrected chi connectivity index (χ0v) is 15.3. The molecule has 0 N–H and O–H groups in total. The van der Waals surface area contributed by atoms with Crippen molar-refractivity contribution in [3.8, 4) is 0 Å². The van der Waals surface area contributed by atoms with Crippen LogP contribution >= 0.6 is 12.4 Å². The fourth-order valence-corrected chi connectivity index (χ4v) is 3.72. The molecule has 2 fully saturated rings. The molecular formula is C19H29ClN2O2. The molecule has 2 heterocycles. The Morgan fingerprint density at radius 1 is 1.12 bits per heavy atom. The van der Waals surface area contributed by atoms with Crippen molar-refractivity contribution in [1.82, 2.24) is 9.80 Å². The molecule has 2 saturated heterocycles. The average molecular weight is 353 g/mol. The minimum Gasteiger partial charge on any atom is -0.366 e. The maximum Gasteiger partial charge on any atom is 0.252 e. The van der Waals surface area contributed by atoms with Gasteiger partial charge in [-0.3, -0.25) is 4.79 Å². The first-order chi connectivity index (χ1) is 11.3. The highest BCUT2D eigenvalue weighted by atomic mass is 35.5. The van der Waals surface area contributed by atoms with Crippen LogP contribution in [0.4, 0.5) is 0 Å². The van der Waals surface area contributed by atoms with Gasteiger partial charge in [-0.1, -0.05) is 36.8 Å². The molecule has 1 aromatic carbocycles. The predicted octanol–water partition coefficient (Wildman–Crippen LogP) is 2.93. The summed E-state index contributed by atoms with van der Waals surface area (Å²) in [5.41, 5.74) is 1.21. The molecule has 2 atom stereocenters. The Hall–Kier alpha value is -1.10. The predicted molar refractivity (Wildman–Crippen MR) is 98.7 cm³/mol. The Morgan fingerprint density at radius 3 is 2.50 bits per heavy atom. The van der Waals surface area contributed by atoms with Gasteiger partial charge in [-0.05, 0) is 38.4 Å². The maximum atomic E-state index is 12.6. The van der Waals surface area contributed by atoms with E-state index in [1.54, 1.807) is 0 Å². The third-order valence-corrected chi connectivity index (χ3v) is 5.10. The monoisotopic (exact) mass is 352 g/mol. The molecule has 4 nitrogen and oxygen atoms in total. The molecule has 0 saturated carbocycles. The number of nitrogens with zero attached hydrogens (tertiary/aromatic N) is 2. The van der Waals surface area contributed by atoms with Crippen LogP contribution in [0.15, 0.2) is 30.3 Å². The van der Waals surface area contributed by atoms with Crippen molar-refractivity contribution in [1.29, 1.82) is 0 Å². The summed E-state index contributed by atoms with van der Waals surface area (Å²) < 4.78 is 6.08. The fourth-order valence-electron chi connectivity index (χ4n) is 3.72. The van der Waals surface area contributed by atoms with Crippen molar-refractivity contribution in [3.63, 3.8) is 0 Å². The molecule has 2 aliphatic rings. The van der Waals surface area contributed by atoms with E-state index in [1.807, 2.05) is 30.0 Å². The van der Waals surface area contributed by atoms with Crippen molar-refractivity contribution in [2.45, 2.75) is 38.2 Å². The normalized spacial score (nSPS) is 24.9. The summed E-state index contributed by atoms with van der Waals surface area (Å²) in [6.45, 7) is 7.50. The number of carbonyl (C=O) groups excluding carboxylic acids is 1. The van der Waals surface area contributed by atoms with E-state index in [2.05, 4.69) is 17.0 Å². The van der Waals surface area contributed by atoms with Gasteiger partial charge in [-0.25, -0.2) is 0 Å².